The molecule has 0 aliphatic rings. The van der Waals surface area contributed by atoms with Gasteiger partial charge in [-0.2, -0.15) is 0 Å². The highest BCUT2D eigenvalue weighted by molar-refractivity contribution is 5.92. The van der Waals surface area contributed by atoms with Crippen LogP contribution in [0, 0.1) is 0 Å². The van der Waals surface area contributed by atoms with Gasteiger partial charge in [0.15, 0.2) is 0 Å². The van der Waals surface area contributed by atoms with Gasteiger partial charge in [-0.15, -0.1) is 0 Å². The second-order valence-electron chi connectivity index (χ2n) is 5.08. The lowest BCUT2D eigenvalue weighted by atomic mass is 10.1. The number of hydrogen-bond acceptors (Lipinski definition) is 4. The van der Waals surface area contributed by atoms with E-state index in [0.717, 1.165) is 36.3 Å². The molecule has 1 aromatic heterocycles. The number of pyridine rings is 1. The molecule has 1 aromatic carbocycles. The number of aromatic nitrogens is 1. The molecule has 4 heteroatoms. The zero-order valence-corrected chi connectivity index (χ0v) is 12.5. The minimum absolute atomic E-state index is 0.376. The molecule has 0 radical (unpaired) electrons. The third-order valence-corrected chi connectivity index (χ3v) is 3.70. The summed E-state index contributed by atoms with van der Waals surface area (Å²) in [4.78, 5) is 6.87. The summed E-state index contributed by atoms with van der Waals surface area (Å²) in [6.45, 7) is 6.91. The topological polar surface area (TPSA) is 51.4 Å². The molecule has 0 aliphatic heterocycles. The lowest BCUT2D eigenvalue weighted by Gasteiger charge is -2.27. The summed E-state index contributed by atoms with van der Waals surface area (Å²) in [5, 5.41) is 1.03. The maximum Gasteiger partial charge on any atom is 0.0767 e. The van der Waals surface area contributed by atoms with Crippen LogP contribution in [0.4, 0.5) is 5.69 Å². The number of ether oxygens (including phenoxy) is 1. The zero-order chi connectivity index (χ0) is 14.5. The average molecular weight is 273 g/mol. The van der Waals surface area contributed by atoms with Gasteiger partial charge < -0.3 is 10.5 Å². The van der Waals surface area contributed by atoms with Gasteiger partial charge in [0.25, 0.3) is 0 Å². The van der Waals surface area contributed by atoms with E-state index >= 15 is 0 Å². The first-order valence-corrected chi connectivity index (χ1v) is 7.02. The predicted molar refractivity (Wildman–Crippen MR) is 83.6 cm³/mol. The highest BCUT2D eigenvalue weighted by Gasteiger charge is 2.14. The number of likely N-dealkylation sites (N-methyl/N-ethyl adjacent to an activating group) is 1. The van der Waals surface area contributed by atoms with Crippen molar-refractivity contribution in [3.05, 3.63) is 36.0 Å². The van der Waals surface area contributed by atoms with Gasteiger partial charge in [0, 0.05) is 37.0 Å². The van der Waals surface area contributed by atoms with E-state index in [9.17, 15) is 0 Å². The third-order valence-electron chi connectivity index (χ3n) is 3.70. The van der Waals surface area contributed by atoms with Gasteiger partial charge in [-0.1, -0.05) is 13.0 Å². The number of nitrogens with zero attached hydrogens (tertiary/aromatic N) is 2. The molecule has 0 saturated carbocycles. The number of nitrogen functional groups attached to an aromatic ring is 1. The summed E-state index contributed by atoms with van der Waals surface area (Å²) in [6, 6.07) is 8.37. The van der Waals surface area contributed by atoms with Crippen molar-refractivity contribution < 1.29 is 4.74 Å². The fourth-order valence-corrected chi connectivity index (χ4v) is 2.53. The number of rotatable bonds is 6. The Kier molecular flexibility index (Phi) is 4.93. The summed E-state index contributed by atoms with van der Waals surface area (Å²) in [7, 11) is 1.74. The van der Waals surface area contributed by atoms with Gasteiger partial charge in [-0.05, 0) is 37.2 Å². The molecule has 0 amide bonds. The van der Waals surface area contributed by atoms with Crippen molar-refractivity contribution in [2.75, 3.05) is 26.0 Å². The molecule has 0 fully saturated rings. The van der Waals surface area contributed by atoms with Crippen LogP contribution in [0.2, 0.25) is 0 Å². The summed E-state index contributed by atoms with van der Waals surface area (Å²) in [5.41, 5.74) is 9.01. The largest absolute Gasteiger partial charge is 0.398 e. The van der Waals surface area contributed by atoms with Crippen molar-refractivity contribution in [3.63, 3.8) is 0 Å². The normalized spacial score (nSPS) is 13.0. The van der Waals surface area contributed by atoms with Crippen molar-refractivity contribution in [2.24, 2.45) is 0 Å². The first kappa shape index (κ1) is 14.8. The first-order valence-electron chi connectivity index (χ1n) is 7.02. The Morgan fingerprint density at radius 2 is 2.15 bits per heavy atom. The van der Waals surface area contributed by atoms with Gasteiger partial charge in [-0.3, -0.25) is 9.88 Å². The van der Waals surface area contributed by atoms with E-state index in [1.807, 2.05) is 24.4 Å². The van der Waals surface area contributed by atoms with E-state index in [4.69, 9.17) is 10.5 Å². The first-order chi connectivity index (χ1) is 9.67. The third kappa shape index (κ3) is 3.08. The molecular formula is C16H23N3O. The molecular weight excluding hydrogens is 250 g/mol. The molecule has 0 saturated heterocycles. The smallest absolute Gasteiger partial charge is 0.0767 e. The van der Waals surface area contributed by atoms with Crippen LogP contribution < -0.4 is 5.73 Å². The summed E-state index contributed by atoms with van der Waals surface area (Å²) in [6.07, 6.45) is 1.82. The van der Waals surface area contributed by atoms with Crippen LogP contribution in [0.3, 0.4) is 0 Å². The predicted octanol–water partition coefficient (Wildman–Crippen LogP) is 2.67. The van der Waals surface area contributed by atoms with Gasteiger partial charge >= 0.3 is 0 Å². The maximum absolute atomic E-state index is 6.02. The van der Waals surface area contributed by atoms with Crippen molar-refractivity contribution in [3.8, 4) is 0 Å². The molecule has 108 valence electrons. The quantitative estimate of drug-likeness (QED) is 0.822. The van der Waals surface area contributed by atoms with Crippen molar-refractivity contribution >= 4 is 16.6 Å². The minimum Gasteiger partial charge on any atom is -0.398 e. The fraction of sp³-hybridized carbons (Fsp3) is 0.438. The van der Waals surface area contributed by atoms with Crippen molar-refractivity contribution in [2.45, 2.75) is 26.4 Å². The second kappa shape index (κ2) is 6.68. The molecule has 0 aliphatic carbocycles. The molecule has 1 heterocycles. The highest BCUT2D eigenvalue weighted by atomic mass is 16.5. The van der Waals surface area contributed by atoms with Gasteiger partial charge in [0.2, 0.25) is 0 Å². The van der Waals surface area contributed by atoms with Crippen LogP contribution >= 0.6 is 0 Å². The van der Waals surface area contributed by atoms with E-state index in [1.165, 1.54) is 5.56 Å². The molecule has 4 nitrogen and oxygen atoms in total. The van der Waals surface area contributed by atoms with Crippen molar-refractivity contribution in [1.29, 1.82) is 0 Å². The molecule has 2 rings (SSSR count). The van der Waals surface area contributed by atoms with Gasteiger partial charge in [0.05, 0.1) is 12.1 Å². The van der Waals surface area contributed by atoms with Crippen LogP contribution in [-0.4, -0.2) is 36.2 Å². The summed E-state index contributed by atoms with van der Waals surface area (Å²) < 4.78 is 5.25. The summed E-state index contributed by atoms with van der Waals surface area (Å²) in [5.74, 6) is 0. The minimum atomic E-state index is 0.376. The average Bonchev–Trinajstić information content (AvgIpc) is 2.47. The SMILES string of the molecule is CCN(Cc1ccc(N)c2cccnc12)C(C)COC. The van der Waals surface area contributed by atoms with Crippen LogP contribution in [0.1, 0.15) is 19.4 Å². The van der Waals surface area contributed by atoms with Gasteiger partial charge in [-0.25, -0.2) is 0 Å². The van der Waals surface area contributed by atoms with Crippen LogP contribution in [0.15, 0.2) is 30.5 Å². The van der Waals surface area contributed by atoms with E-state index in [-0.39, 0.29) is 0 Å². The Balaban J connectivity index is 2.31. The number of fused-ring (bicyclic) bond motifs is 1. The molecule has 2 N–H and O–H groups in total. The standard InChI is InChI=1S/C16H23N3O/c1-4-19(12(2)11-20-3)10-13-7-8-15(17)14-6-5-9-18-16(13)14/h5-9,12H,4,10-11,17H2,1-3H3. The molecule has 20 heavy (non-hydrogen) atoms. The number of methoxy groups -OCH3 is 1. The fourth-order valence-electron chi connectivity index (χ4n) is 2.53. The molecule has 0 spiro atoms. The van der Waals surface area contributed by atoms with Crippen LogP contribution in [-0.2, 0) is 11.3 Å². The molecule has 1 unspecified atom stereocenters. The van der Waals surface area contributed by atoms with Crippen molar-refractivity contribution in [1.82, 2.24) is 9.88 Å². The lowest BCUT2D eigenvalue weighted by Crippen LogP contribution is -2.35. The molecule has 2 aromatic rings. The van der Waals surface area contributed by atoms with Crippen LogP contribution in [0.25, 0.3) is 10.9 Å². The lowest BCUT2D eigenvalue weighted by molar-refractivity contribution is 0.0984. The maximum atomic E-state index is 6.02. The molecule has 1 atom stereocenters. The number of hydrogen-bond donors (Lipinski definition) is 1. The number of anilines is 1. The Hall–Kier alpha value is -1.65. The Labute approximate surface area is 120 Å². The highest BCUT2D eigenvalue weighted by Crippen LogP contribution is 2.24. The Morgan fingerprint density at radius 1 is 1.35 bits per heavy atom. The van der Waals surface area contributed by atoms with Gasteiger partial charge in [0.1, 0.15) is 0 Å². The van der Waals surface area contributed by atoms with E-state index < -0.39 is 0 Å². The molecule has 0 bridgehead atoms. The van der Waals surface area contributed by atoms with E-state index in [2.05, 4.69) is 29.8 Å². The van der Waals surface area contributed by atoms with Crippen LogP contribution in [0.5, 0.6) is 0 Å². The monoisotopic (exact) mass is 273 g/mol. The Bertz CT molecular complexity index is 571. The van der Waals surface area contributed by atoms with E-state index in [0.29, 0.717) is 6.04 Å². The second-order valence-corrected chi connectivity index (χ2v) is 5.08. The number of benzene rings is 1. The Morgan fingerprint density at radius 3 is 2.85 bits per heavy atom. The number of nitrogens with two attached hydrogens (primary N) is 1. The summed E-state index contributed by atoms with van der Waals surface area (Å²) >= 11 is 0. The zero-order valence-electron chi connectivity index (χ0n) is 12.5. The van der Waals surface area contributed by atoms with E-state index in [1.54, 1.807) is 7.11 Å².